The number of hydrogen-bond donors (Lipinski definition) is 2. The van der Waals surface area contributed by atoms with E-state index >= 15 is 0 Å². The minimum Gasteiger partial charge on any atom is -0.382 e. The summed E-state index contributed by atoms with van der Waals surface area (Å²) in [5, 5.41) is 8.20. The molecule has 0 saturated heterocycles. The van der Waals surface area contributed by atoms with Gasteiger partial charge < -0.3 is 10.6 Å². The van der Waals surface area contributed by atoms with Crippen LogP contribution in [-0.2, 0) is 5.41 Å². The molecule has 0 radical (unpaired) electrons. The summed E-state index contributed by atoms with van der Waals surface area (Å²) in [6, 6.07) is 12.9. The molecule has 1 amide bonds. The highest BCUT2D eigenvalue weighted by molar-refractivity contribution is 5.93. The zero-order valence-corrected chi connectivity index (χ0v) is 22.2. The van der Waals surface area contributed by atoms with Crippen molar-refractivity contribution in [1.29, 1.82) is 0 Å². The maximum Gasteiger partial charge on any atom is 0.270 e. The Morgan fingerprint density at radius 2 is 1.75 bits per heavy atom. The number of amides is 1. The molecule has 0 atom stereocenters. The number of anilines is 1. The van der Waals surface area contributed by atoms with Crippen molar-refractivity contribution in [2.45, 2.75) is 77.8 Å². The first-order valence-electron chi connectivity index (χ1n) is 12.9. The van der Waals surface area contributed by atoms with Crippen LogP contribution in [0.25, 0.3) is 23.1 Å². The SMILES string of the molecule is C=Cc1ccc(C(=O)NC2CCC(Nc3cc(C(C)(C)C)nc4ccc(C)cc34)CC2)nc1/C=C\C. The topological polar surface area (TPSA) is 66.9 Å². The molecule has 5 nitrogen and oxygen atoms in total. The second kappa shape index (κ2) is 10.7. The summed E-state index contributed by atoms with van der Waals surface area (Å²) >= 11 is 0. The Morgan fingerprint density at radius 3 is 2.42 bits per heavy atom. The van der Waals surface area contributed by atoms with Crippen molar-refractivity contribution < 1.29 is 4.79 Å². The minimum atomic E-state index is -0.113. The van der Waals surface area contributed by atoms with Crippen molar-refractivity contribution in [2.24, 2.45) is 0 Å². The van der Waals surface area contributed by atoms with Crippen LogP contribution in [0.5, 0.6) is 0 Å². The number of benzene rings is 1. The summed E-state index contributed by atoms with van der Waals surface area (Å²) in [7, 11) is 0. The number of carbonyl (C=O) groups is 1. The summed E-state index contributed by atoms with van der Waals surface area (Å²) in [6.45, 7) is 14.5. The summed E-state index contributed by atoms with van der Waals surface area (Å²) in [5.74, 6) is -0.113. The first-order valence-corrected chi connectivity index (χ1v) is 12.9. The molecule has 1 fully saturated rings. The van der Waals surface area contributed by atoms with Crippen LogP contribution in [0.2, 0.25) is 0 Å². The number of aromatic nitrogens is 2. The zero-order chi connectivity index (χ0) is 25.9. The van der Waals surface area contributed by atoms with Crippen molar-refractivity contribution >= 4 is 34.6 Å². The minimum absolute atomic E-state index is 0.0257. The molecule has 188 valence electrons. The lowest BCUT2D eigenvalue weighted by atomic mass is 9.89. The van der Waals surface area contributed by atoms with Gasteiger partial charge in [0, 0.05) is 34.3 Å². The number of fused-ring (bicyclic) bond motifs is 1. The predicted molar refractivity (Wildman–Crippen MR) is 151 cm³/mol. The summed E-state index contributed by atoms with van der Waals surface area (Å²) < 4.78 is 0. The van der Waals surface area contributed by atoms with Gasteiger partial charge in [0.05, 0.1) is 11.2 Å². The highest BCUT2D eigenvalue weighted by atomic mass is 16.1. The Balaban J connectivity index is 1.43. The molecule has 1 aromatic carbocycles. The molecule has 4 rings (SSSR count). The van der Waals surface area contributed by atoms with Gasteiger partial charge in [-0.2, -0.15) is 0 Å². The Kier molecular flexibility index (Phi) is 7.58. The van der Waals surface area contributed by atoms with E-state index in [0.717, 1.165) is 53.8 Å². The normalized spacial score (nSPS) is 18.4. The molecule has 2 aromatic heterocycles. The largest absolute Gasteiger partial charge is 0.382 e. The number of pyridine rings is 2. The van der Waals surface area contributed by atoms with Gasteiger partial charge in [0.25, 0.3) is 5.91 Å². The van der Waals surface area contributed by atoms with Crippen LogP contribution < -0.4 is 10.6 Å². The molecule has 1 aliphatic carbocycles. The van der Waals surface area contributed by atoms with E-state index in [1.165, 1.54) is 10.9 Å². The number of carbonyl (C=O) groups excluding carboxylic acids is 1. The van der Waals surface area contributed by atoms with Crippen molar-refractivity contribution in [2.75, 3.05) is 5.32 Å². The van der Waals surface area contributed by atoms with Gasteiger partial charge in [-0.25, -0.2) is 4.98 Å². The van der Waals surface area contributed by atoms with E-state index in [4.69, 9.17) is 4.98 Å². The average molecular weight is 483 g/mol. The van der Waals surface area contributed by atoms with Gasteiger partial charge in [0.1, 0.15) is 5.69 Å². The van der Waals surface area contributed by atoms with Crippen molar-refractivity contribution in [1.82, 2.24) is 15.3 Å². The van der Waals surface area contributed by atoms with Crippen LogP contribution in [0, 0.1) is 6.92 Å². The first kappa shape index (κ1) is 25.6. The quantitative estimate of drug-likeness (QED) is 0.394. The van der Waals surface area contributed by atoms with E-state index in [1.807, 2.05) is 25.1 Å². The van der Waals surface area contributed by atoms with E-state index in [-0.39, 0.29) is 17.4 Å². The van der Waals surface area contributed by atoms with Crippen LogP contribution in [0.4, 0.5) is 5.69 Å². The molecule has 0 bridgehead atoms. The van der Waals surface area contributed by atoms with Crippen LogP contribution >= 0.6 is 0 Å². The third-order valence-corrected chi connectivity index (χ3v) is 6.89. The van der Waals surface area contributed by atoms with Gasteiger partial charge in [-0.1, -0.05) is 57.2 Å². The Labute approximate surface area is 215 Å². The standard InChI is InChI=1S/C31H38N4O/c1-7-9-25-21(8-2)11-17-27(34-25)30(36)33-23-14-12-22(13-15-23)32-28-19-29(31(4,5)6)35-26-16-10-20(3)18-24(26)28/h7-11,16-19,22-23H,2,12-15H2,1,3-6H3,(H,32,35)(H,33,36)/b9-7-. The number of allylic oxidation sites excluding steroid dienone is 1. The monoisotopic (exact) mass is 482 g/mol. The lowest BCUT2D eigenvalue weighted by molar-refractivity contribution is 0.0921. The number of nitrogens with one attached hydrogen (secondary N) is 2. The Bertz CT molecular complexity index is 1290. The highest BCUT2D eigenvalue weighted by Crippen LogP contribution is 2.32. The van der Waals surface area contributed by atoms with Gasteiger partial charge >= 0.3 is 0 Å². The van der Waals surface area contributed by atoms with Crippen LogP contribution in [0.15, 0.2) is 49.1 Å². The summed E-state index contributed by atoms with van der Waals surface area (Å²) in [4.78, 5) is 22.4. The van der Waals surface area contributed by atoms with E-state index in [0.29, 0.717) is 11.7 Å². The van der Waals surface area contributed by atoms with Crippen LogP contribution in [0.1, 0.15) is 86.4 Å². The molecule has 1 saturated carbocycles. The molecule has 0 spiro atoms. The van der Waals surface area contributed by atoms with E-state index in [1.54, 1.807) is 12.1 Å². The molecule has 5 heteroatoms. The number of rotatable bonds is 6. The Hall–Kier alpha value is -3.47. The molecule has 3 aromatic rings. The van der Waals surface area contributed by atoms with Crippen molar-refractivity contribution in [3.63, 3.8) is 0 Å². The highest BCUT2D eigenvalue weighted by Gasteiger charge is 2.25. The molecule has 0 aliphatic heterocycles. The van der Waals surface area contributed by atoms with E-state index < -0.39 is 0 Å². The van der Waals surface area contributed by atoms with Gasteiger partial charge in [-0.3, -0.25) is 9.78 Å². The third-order valence-electron chi connectivity index (χ3n) is 6.89. The smallest absolute Gasteiger partial charge is 0.270 e. The van der Waals surface area contributed by atoms with Gasteiger partial charge in [0.2, 0.25) is 0 Å². The van der Waals surface area contributed by atoms with Crippen molar-refractivity contribution in [3.05, 3.63) is 77.3 Å². The number of aryl methyl sites for hydroxylation is 1. The number of nitrogens with zero attached hydrogens (tertiary/aromatic N) is 2. The number of hydrogen-bond acceptors (Lipinski definition) is 4. The predicted octanol–water partition coefficient (Wildman–Crippen LogP) is 7.06. The molecule has 0 unspecified atom stereocenters. The van der Waals surface area contributed by atoms with Gasteiger partial charge in [-0.15, -0.1) is 0 Å². The fraction of sp³-hybridized carbons (Fsp3) is 0.387. The molecule has 2 N–H and O–H groups in total. The summed E-state index contributed by atoms with van der Waals surface area (Å²) in [5.41, 5.74) is 6.62. The molecule has 2 heterocycles. The van der Waals surface area contributed by atoms with Crippen LogP contribution in [-0.4, -0.2) is 28.0 Å². The zero-order valence-electron chi connectivity index (χ0n) is 22.2. The lowest BCUT2D eigenvalue weighted by Crippen LogP contribution is -2.40. The first-order chi connectivity index (χ1) is 17.2. The maximum absolute atomic E-state index is 12.9. The van der Waals surface area contributed by atoms with E-state index in [9.17, 15) is 4.79 Å². The Morgan fingerprint density at radius 1 is 1.03 bits per heavy atom. The third kappa shape index (κ3) is 5.84. The average Bonchev–Trinajstić information content (AvgIpc) is 2.85. The maximum atomic E-state index is 12.9. The fourth-order valence-electron chi connectivity index (χ4n) is 4.78. The molecule has 1 aliphatic rings. The van der Waals surface area contributed by atoms with E-state index in [2.05, 4.69) is 74.2 Å². The second-order valence-electron chi connectivity index (χ2n) is 10.9. The molecular formula is C31H38N4O. The van der Waals surface area contributed by atoms with Crippen LogP contribution in [0.3, 0.4) is 0 Å². The van der Waals surface area contributed by atoms with Gasteiger partial charge in [0.15, 0.2) is 0 Å². The fourth-order valence-corrected chi connectivity index (χ4v) is 4.78. The molecule has 36 heavy (non-hydrogen) atoms. The summed E-state index contributed by atoms with van der Waals surface area (Å²) in [6.07, 6.45) is 9.45. The lowest BCUT2D eigenvalue weighted by Gasteiger charge is -2.31. The second-order valence-corrected chi connectivity index (χ2v) is 10.9. The van der Waals surface area contributed by atoms with Crippen molar-refractivity contribution in [3.8, 4) is 0 Å². The molecular weight excluding hydrogens is 444 g/mol. The van der Waals surface area contributed by atoms with Gasteiger partial charge in [-0.05, 0) is 75.4 Å².